The van der Waals surface area contributed by atoms with E-state index in [-0.39, 0.29) is 22.0 Å². The second-order valence-corrected chi connectivity index (χ2v) is 7.99. The minimum absolute atomic E-state index is 0.161. The summed E-state index contributed by atoms with van der Waals surface area (Å²) in [4.78, 5) is 27.9. The monoisotopic (exact) mass is 434 g/mol. The molecule has 3 aromatic carbocycles. The summed E-state index contributed by atoms with van der Waals surface area (Å²) >= 11 is 5.91. The number of carbonyl (C=O) groups is 2. The van der Waals surface area contributed by atoms with Gasteiger partial charge in [0, 0.05) is 5.69 Å². The van der Waals surface area contributed by atoms with Crippen molar-refractivity contribution in [2.24, 2.45) is 0 Å². The summed E-state index contributed by atoms with van der Waals surface area (Å²) in [5, 5.41) is 2.97. The first-order valence-corrected chi connectivity index (χ1v) is 10.1. The van der Waals surface area contributed by atoms with Gasteiger partial charge in [0.25, 0.3) is 11.8 Å². The fraction of sp³-hybridized carbons (Fsp3) is 0.120. The molecule has 4 nitrogen and oxygen atoms in total. The van der Waals surface area contributed by atoms with Crippen molar-refractivity contribution in [3.05, 3.63) is 99.5 Å². The lowest BCUT2D eigenvalue weighted by atomic mass is 9.99. The number of aryl methyl sites for hydroxylation is 3. The summed E-state index contributed by atoms with van der Waals surface area (Å²) in [5.74, 6) is -1.64. The molecule has 0 saturated carbocycles. The third-order valence-electron chi connectivity index (χ3n) is 5.33. The van der Waals surface area contributed by atoms with Crippen LogP contribution in [0.5, 0.6) is 0 Å². The van der Waals surface area contributed by atoms with E-state index in [1.54, 1.807) is 0 Å². The Kier molecular flexibility index (Phi) is 5.38. The largest absolute Gasteiger partial charge is 0.350 e. The van der Waals surface area contributed by atoms with Crippen LogP contribution < -0.4 is 10.2 Å². The van der Waals surface area contributed by atoms with Crippen LogP contribution in [0.4, 0.5) is 15.8 Å². The lowest BCUT2D eigenvalue weighted by molar-refractivity contribution is -0.120. The zero-order valence-corrected chi connectivity index (χ0v) is 18.0. The molecule has 4 rings (SSSR count). The Morgan fingerprint density at radius 1 is 0.871 bits per heavy atom. The van der Waals surface area contributed by atoms with Gasteiger partial charge in [-0.3, -0.25) is 9.59 Å². The van der Waals surface area contributed by atoms with E-state index in [1.165, 1.54) is 12.1 Å². The van der Waals surface area contributed by atoms with Crippen LogP contribution >= 0.6 is 11.6 Å². The van der Waals surface area contributed by atoms with Gasteiger partial charge in [0.1, 0.15) is 11.5 Å². The predicted molar refractivity (Wildman–Crippen MR) is 122 cm³/mol. The number of amides is 2. The fourth-order valence-electron chi connectivity index (χ4n) is 3.54. The standard InChI is InChI=1S/C25H20ClFN2O2/c1-14-5-4-6-18(11-14)28-23-22(17-8-7-15(2)16(3)12-17)24(30)29(25(23)31)19-9-10-21(27)20(26)13-19/h4-13,28H,1-3H3. The number of carbonyl (C=O) groups excluding carboxylic acids is 2. The number of halogens is 2. The molecule has 2 amide bonds. The van der Waals surface area contributed by atoms with Crippen molar-refractivity contribution in [1.29, 1.82) is 0 Å². The average molecular weight is 435 g/mol. The molecular formula is C25H20ClFN2O2. The van der Waals surface area contributed by atoms with Crippen molar-refractivity contribution >= 4 is 40.4 Å². The Balaban J connectivity index is 1.85. The van der Waals surface area contributed by atoms with Crippen LogP contribution in [0.15, 0.2) is 66.4 Å². The van der Waals surface area contributed by atoms with Gasteiger partial charge in [-0.15, -0.1) is 0 Å². The van der Waals surface area contributed by atoms with E-state index in [2.05, 4.69) is 5.32 Å². The first-order chi connectivity index (χ1) is 14.8. The summed E-state index contributed by atoms with van der Waals surface area (Å²) < 4.78 is 13.7. The molecule has 156 valence electrons. The van der Waals surface area contributed by atoms with Gasteiger partial charge in [-0.05, 0) is 73.4 Å². The maximum absolute atomic E-state index is 13.7. The number of anilines is 2. The van der Waals surface area contributed by atoms with Gasteiger partial charge in [-0.1, -0.05) is 41.9 Å². The second-order valence-electron chi connectivity index (χ2n) is 7.59. The Morgan fingerprint density at radius 2 is 1.65 bits per heavy atom. The quantitative estimate of drug-likeness (QED) is 0.528. The van der Waals surface area contributed by atoms with Crippen LogP contribution in [0.3, 0.4) is 0 Å². The molecule has 0 bridgehead atoms. The van der Waals surface area contributed by atoms with Crippen molar-refractivity contribution in [3.8, 4) is 0 Å². The van der Waals surface area contributed by atoms with E-state index < -0.39 is 17.6 Å². The Morgan fingerprint density at radius 3 is 2.32 bits per heavy atom. The van der Waals surface area contributed by atoms with Gasteiger partial charge >= 0.3 is 0 Å². The highest BCUT2D eigenvalue weighted by molar-refractivity contribution is 6.46. The van der Waals surface area contributed by atoms with Crippen molar-refractivity contribution in [2.75, 3.05) is 10.2 Å². The minimum Gasteiger partial charge on any atom is -0.350 e. The molecule has 0 radical (unpaired) electrons. The highest BCUT2D eigenvalue weighted by Gasteiger charge is 2.40. The molecule has 0 unspecified atom stereocenters. The van der Waals surface area contributed by atoms with Gasteiger partial charge in [-0.25, -0.2) is 9.29 Å². The molecule has 0 aromatic heterocycles. The molecule has 0 aliphatic carbocycles. The van der Waals surface area contributed by atoms with Crippen molar-refractivity contribution < 1.29 is 14.0 Å². The predicted octanol–water partition coefficient (Wildman–Crippen LogP) is 5.80. The summed E-state index contributed by atoms with van der Waals surface area (Å²) in [6.45, 7) is 5.87. The van der Waals surface area contributed by atoms with Gasteiger partial charge in [0.15, 0.2) is 0 Å². The van der Waals surface area contributed by atoms with Crippen LogP contribution in [0.2, 0.25) is 5.02 Å². The molecule has 0 saturated heterocycles. The van der Waals surface area contributed by atoms with Crippen LogP contribution in [0.1, 0.15) is 22.3 Å². The summed E-state index contributed by atoms with van der Waals surface area (Å²) in [7, 11) is 0. The highest BCUT2D eigenvalue weighted by atomic mass is 35.5. The molecule has 1 N–H and O–H groups in total. The van der Waals surface area contributed by atoms with E-state index in [9.17, 15) is 14.0 Å². The van der Waals surface area contributed by atoms with Crippen molar-refractivity contribution in [2.45, 2.75) is 20.8 Å². The Bertz CT molecular complexity index is 1270. The van der Waals surface area contributed by atoms with E-state index in [0.717, 1.165) is 27.7 Å². The molecule has 6 heteroatoms. The maximum atomic E-state index is 13.7. The SMILES string of the molecule is Cc1cccc(NC2=C(c3ccc(C)c(C)c3)C(=O)N(c3ccc(F)c(Cl)c3)C2=O)c1. The number of benzene rings is 3. The molecule has 1 aliphatic rings. The van der Waals surface area contributed by atoms with Crippen LogP contribution in [-0.4, -0.2) is 11.8 Å². The van der Waals surface area contributed by atoms with Crippen molar-refractivity contribution in [3.63, 3.8) is 0 Å². The lowest BCUT2D eigenvalue weighted by Gasteiger charge is -2.16. The molecule has 0 atom stereocenters. The van der Waals surface area contributed by atoms with E-state index in [0.29, 0.717) is 11.3 Å². The zero-order valence-electron chi connectivity index (χ0n) is 17.3. The molecule has 1 heterocycles. The minimum atomic E-state index is -0.620. The normalized spacial score (nSPS) is 13.9. The third kappa shape index (κ3) is 3.84. The smallest absolute Gasteiger partial charge is 0.282 e. The molecule has 1 aliphatic heterocycles. The van der Waals surface area contributed by atoms with E-state index in [4.69, 9.17) is 11.6 Å². The molecule has 0 spiro atoms. The zero-order chi connectivity index (χ0) is 22.3. The van der Waals surface area contributed by atoms with Gasteiger partial charge < -0.3 is 5.32 Å². The molecule has 0 fully saturated rings. The first-order valence-electron chi connectivity index (χ1n) is 9.75. The van der Waals surface area contributed by atoms with Crippen LogP contribution in [0.25, 0.3) is 5.57 Å². The number of hydrogen-bond acceptors (Lipinski definition) is 3. The van der Waals surface area contributed by atoms with Gasteiger partial charge in [0.2, 0.25) is 0 Å². The first kappa shape index (κ1) is 20.8. The van der Waals surface area contributed by atoms with Gasteiger partial charge in [-0.2, -0.15) is 0 Å². The summed E-state index contributed by atoms with van der Waals surface area (Å²) in [6, 6.07) is 16.9. The van der Waals surface area contributed by atoms with Crippen molar-refractivity contribution in [1.82, 2.24) is 0 Å². The maximum Gasteiger partial charge on any atom is 0.282 e. The van der Waals surface area contributed by atoms with Gasteiger partial charge in [0.05, 0.1) is 16.3 Å². The second kappa shape index (κ2) is 8.00. The van der Waals surface area contributed by atoms with E-state index >= 15 is 0 Å². The molecule has 3 aromatic rings. The Hall–Kier alpha value is -3.44. The number of rotatable bonds is 4. The highest BCUT2D eigenvalue weighted by Crippen LogP contribution is 2.35. The Labute approximate surface area is 185 Å². The lowest BCUT2D eigenvalue weighted by Crippen LogP contribution is -2.32. The third-order valence-corrected chi connectivity index (χ3v) is 5.62. The topological polar surface area (TPSA) is 49.4 Å². The molecule has 31 heavy (non-hydrogen) atoms. The number of imide groups is 1. The van der Waals surface area contributed by atoms with Crippen LogP contribution in [0, 0.1) is 26.6 Å². The number of nitrogens with zero attached hydrogens (tertiary/aromatic N) is 1. The summed E-state index contributed by atoms with van der Waals surface area (Å²) in [5.41, 5.74) is 5.05. The van der Waals surface area contributed by atoms with E-state index in [1.807, 2.05) is 63.2 Å². The number of hydrogen-bond donors (Lipinski definition) is 1. The number of nitrogens with one attached hydrogen (secondary N) is 1. The summed E-state index contributed by atoms with van der Waals surface area (Å²) in [6.07, 6.45) is 0. The van der Waals surface area contributed by atoms with Crippen LogP contribution in [-0.2, 0) is 9.59 Å². The molecular weight excluding hydrogens is 415 g/mol. The average Bonchev–Trinajstić information content (AvgIpc) is 2.96. The fourth-order valence-corrected chi connectivity index (χ4v) is 3.71.